The van der Waals surface area contributed by atoms with Gasteiger partial charge in [0, 0.05) is 0 Å². The number of rotatable bonds is 3. The van der Waals surface area contributed by atoms with Gasteiger partial charge in [-0.05, 0) is 39.6 Å². The van der Waals surface area contributed by atoms with Crippen LogP contribution in [0.5, 0.6) is 0 Å². The Labute approximate surface area is 345 Å². The van der Waals surface area contributed by atoms with Crippen LogP contribution in [0, 0.1) is 35.6 Å². The van der Waals surface area contributed by atoms with Crippen molar-refractivity contribution in [3.63, 3.8) is 0 Å². The third-order valence-electron chi connectivity index (χ3n) is 9.54. The summed E-state index contributed by atoms with van der Waals surface area (Å²) in [7, 11) is 0. The van der Waals surface area contributed by atoms with Crippen molar-refractivity contribution in [3.8, 4) is 33.4 Å². The molecule has 0 amide bonds. The van der Waals surface area contributed by atoms with Crippen molar-refractivity contribution < 1.29 is 23.3 Å². The van der Waals surface area contributed by atoms with E-state index in [1.165, 1.54) is 116 Å². The number of halogens is 2. The molecule has 0 aliphatic heterocycles. The Morgan fingerprint density at radius 3 is 1.53 bits per heavy atom. The molecular formula is C49H44Cl2SiZr-4. The van der Waals surface area contributed by atoms with E-state index in [1.54, 1.807) is 0 Å². The van der Waals surface area contributed by atoms with Gasteiger partial charge in [0.25, 0.3) is 0 Å². The molecule has 0 saturated heterocycles. The molecule has 9 aromatic carbocycles. The van der Waals surface area contributed by atoms with E-state index in [0.29, 0.717) is 0 Å². The van der Waals surface area contributed by atoms with Crippen molar-refractivity contribution in [2.24, 2.45) is 0 Å². The fraction of sp³-hybridized carbons (Fsp3) is 0.0612. The van der Waals surface area contributed by atoms with Gasteiger partial charge in [0.05, 0.1) is 0 Å². The summed E-state index contributed by atoms with van der Waals surface area (Å²) in [4.78, 5) is 0. The summed E-state index contributed by atoms with van der Waals surface area (Å²) in [6.07, 6.45) is 0. The molecule has 0 N–H and O–H groups in total. The zero-order valence-electron chi connectivity index (χ0n) is 30.9. The van der Waals surface area contributed by atoms with Crippen LogP contribution in [0.1, 0.15) is 16.7 Å². The van der Waals surface area contributed by atoms with E-state index in [1.807, 2.05) is 0 Å². The molecule has 53 heavy (non-hydrogen) atoms. The summed E-state index contributed by atoms with van der Waals surface area (Å²) in [6, 6.07) is 59.5. The van der Waals surface area contributed by atoms with Gasteiger partial charge in [0.2, 0.25) is 0 Å². The van der Waals surface area contributed by atoms with Crippen LogP contribution in [0.4, 0.5) is 0 Å². The summed E-state index contributed by atoms with van der Waals surface area (Å²) in [6.45, 7) is 9.55. The molecule has 0 aliphatic carbocycles. The third kappa shape index (κ3) is 8.86. The third-order valence-corrected chi connectivity index (χ3v) is 9.54. The van der Waals surface area contributed by atoms with E-state index in [9.17, 15) is 0 Å². The fourth-order valence-corrected chi connectivity index (χ4v) is 7.13. The molecule has 0 saturated carbocycles. The van der Waals surface area contributed by atoms with Crippen LogP contribution in [0.2, 0.25) is 0 Å². The topological polar surface area (TPSA) is 0 Å². The SMILES string of the molecule is Cc1cc2c(-c3cccc4ccccc34)ccc(C)c2[cH-]1.Cc1ccc(-c2cc3c(-c4cccc5ccccc45)cccc3[cH-]2)cc1.Cl.Cl.[CH3-].[CH3-].[Si]=[Zr]. The second-order valence-electron chi connectivity index (χ2n) is 12.8. The molecule has 0 spiro atoms. The van der Waals surface area contributed by atoms with Gasteiger partial charge < -0.3 is 14.9 Å². The second kappa shape index (κ2) is 19.3. The van der Waals surface area contributed by atoms with Crippen LogP contribution in [-0.4, -0.2) is 6.88 Å². The zero-order chi connectivity index (χ0) is 33.9. The Hall–Kier alpha value is -4.04. The minimum atomic E-state index is 0. The van der Waals surface area contributed by atoms with E-state index >= 15 is 0 Å². The summed E-state index contributed by atoms with van der Waals surface area (Å²) < 4.78 is 0. The molecule has 0 aromatic heterocycles. The predicted molar refractivity (Wildman–Crippen MR) is 238 cm³/mol. The Kier molecular flexibility index (Phi) is 15.8. The van der Waals surface area contributed by atoms with Crippen molar-refractivity contribution in [2.45, 2.75) is 20.8 Å². The second-order valence-corrected chi connectivity index (χ2v) is 12.8. The Morgan fingerprint density at radius 2 is 0.943 bits per heavy atom. The first-order chi connectivity index (χ1) is 24.0. The van der Waals surface area contributed by atoms with Gasteiger partial charge in [0.1, 0.15) is 0 Å². The number of hydrogen-bond acceptors (Lipinski definition) is 0. The average molecular weight is 823 g/mol. The first-order valence-electron chi connectivity index (χ1n) is 16.7. The maximum absolute atomic E-state index is 3.06. The number of benzene rings is 7. The monoisotopic (exact) mass is 820 g/mol. The van der Waals surface area contributed by atoms with Gasteiger partial charge in [-0.15, -0.1) is 93.4 Å². The van der Waals surface area contributed by atoms with Crippen LogP contribution in [-0.2, 0) is 23.3 Å². The van der Waals surface area contributed by atoms with Gasteiger partial charge >= 0.3 is 30.2 Å². The van der Waals surface area contributed by atoms with Gasteiger partial charge in [-0.1, -0.05) is 163 Å². The van der Waals surface area contributed by atoms with Crippen molar-refractivity contribution >= 4 is 74.8 Å². The molecule has 4 heteroatoms. The molecular weight excluding hydrogens is 779 g/mol. The molecule has 266 valence electrons. The number of fused-ring (bicyclic) bond motifs is 4. The average Bonchev–Trinajstić information content (AvgIpc) is 3.77. The first kappa shape index (κ1) is 43.4. The summed E-state index contributed by atoms with van der Waals surface area (Å²) in [5.41, 5.74) is 11.8. The predicted octanol–water partition coefficient (Wildman–Crippen LogP) is 14.7. The summed E-state index contributed by atoms with van der Waals surface area (Å²) >= 11 is 1.36. The standard InChI is InChI=1S/C26H19.C21H17.2CH3.2ClH.Si.Zr/c1-18-12-14-19(15-13-18)22-16-21-8-5-11-25(26(21)17-22)24-10-4-7-20-6-2-3-9-23(20)24;1-14-12-20-15(2)10-11-19(21(20)13-14)18-9-5-7-16-6-3-4-8-17(16)18;;;;;;/h2-17H,1H3;3-13H,1-2H3;2*1H3;2*1H;;/q4*-1;;;;. The normalized spacial score (nSPS) is 10.1. The van der Waals surface area contributed by atoms with Crippen LogP contribution < -0.4 is 0 Å². The molecule has 9 aromatic rings. The van der Waals surface area contributed by atoms with Gasteiger partial charge in [-0.3, -0.25) is 0 Å². The van der Waals surface area contributed by atoms with E-state index in [-0.39, 0.29) is 39.7 Å². The number of hydrogen-bond donors (Lipinski definition) is 0. The molecule has 0 atom stereocenters. The van der Waals surface area contributed by atoms with E-state index in [2.05, 4.69) is 191 Å². The van der Waals surface area contributed by atoms with Gasteiger partial charge in [-0.2, -0.15) is 6.07 Å². The fourth-order valence-electron chi connectivity index (χ4n) is 7.13. The van der Waals surface area contributed by atoms with E-state index < -0.39 is 0 Å². The van der Waals surface area contributed by atoms with E-state index in [4.69, 9.17) is 0 Å². The Morgan fingerprint density at radius 1 is 0.453 bits per heavy atom. The molecule has 0 nitrogen and oxygen atoms in total. The molecule has 0 bridgehead atoms. The van der Waals surface area contributed by atoms with Crippen LogP contribution in [0.15, 0.2) is 164 Å². The van der Waals surface area contributed by atoms with Gasteiger partial charge in [0.15, 0.2) is 0 Å². The molecule has 0 heterocycles. The Bertz CT molecular complexity index is 2570. The van der Waals surface area contributed by atoms with Crippen molar-refractivity contribution in [1.82, 2.24) is 0 Å². The molecule has 9 rings (SSSR count). The quantitative estimate of drug-likeness (QED) is 0.123. The summed E-state index contributed by atoms with van der Waals surface area (Å²) in [5.74, 6) is 0. The zero-order valence-corrected chi connectivity index (χ0v) is 36.0. The van der Waals surface area contributed by atoms with Crippen LogP contribution >= 0.6 is 24.8 Å². The van der Waals surface area contributed by atoms with Crippen molar-refractivity contribution in [3.05, 3.63) is 195 Å². The van der Waals surface area contributed by atoms with Crippen LogP contribution in [0.25, 0.3) is 76.5 Å². The Balaban J connectivity index is 0.000000259. The van der Waals surface area contributed by atoms with E-state index in [0.717, 1.165) is 0 Å². The van der Waals surface area contributed by atoms with Crippen molar-refractivity contribution in [1.29, 1.82) is 0 Å². The summed E-state index contributed by atoms with van der Waals surface area (Å²) in [5, 5.41) is 10.6. The molecule has 2 radical (unpaired) electrons. The van der Waals surface area contributed by atoms with Crippen molar-refractivity contribution in [2.75, 3.05) is 0 Å². The molecule has 0 unspecified atom stereocenters. The number of aryl methyl sites for hydroxylation is 3. The first-order valence-corrected chi connectivity index (χ1v) is 20.9. The molecule has 0 fully saturated rings. The molecule has 0 aliphatic rings. The minimum absolute atomic E-state index is 0. The van der Waals surface area contributed by atoms with Crippen LogP contribution in [0.3, 0.4) is 0 Å². The maximum atomic E-state index is 3.06. The van der Waals surface area contributed by atoms with Gasteiger partial charge in [-0.25, -0.2) is 0 Å².